The quantitative estimate of drug-likeness (QED) is 0.734. The minimum Gasteiger partial charge on any atom is -0.478 e. The first kappa shape index (κ1) is 10.4. The maximum Gasteiger partial charge on any atom is 0.335 e. The lowest BCUT2D eigenvalue weighted by atomic mass is 10.1. The third-order valence-electron chi connectivity index (χ3n) is 2.55. The summed E-state index contributed by atoms with van der Waals surface area (Å²) in [6.07, 6.45) is 1.63. The monoisotopic (exact) mass is 240 g/mol. The van der Waals surface area contributed by atoms with Gasteiger partial charge in [0, 0.05) is 11.8 Å². The number of carbonyl (C=O) groups is 1. The summed E-state index contributed by atoms with van der Waals surface area (Å²) in [7, 11) is 0. The Morgan fingerprint density at radius 2 is 2.06 bits per heavy atom. The fourth-order valence-electron chi connectivity index (χ4n) is 1.72. The highest BCUT2D eigenvalue weighted by Crippen LogP contribution is 2.18. The van der Waals surface area contributed by atoms with Crippen LogP contribution in [0.25, 0.3) is 17.0 Å². The van der Waals surface area contributed by atoms with Gasteiger partial charge in [-0.05, 0) is 24.3 Å². The first-order valence-corrected chi connectivity index (χ1v) is 5.26. The van der Waals surface area contributed by atoms with E-state index in [1.165, 1.54) is 6.07 Å². The van der Waals surface area contributed by atoms with E-state index in [-0.39, 0.29) is 5.56 Å². The second kappa shape index (κ2) is 3.92. The Morgan fingerprint density at radius 3 is 2.89 bits per heavy atom. The van der Waals surface area contributed by atoms with E-state index < -0.39 is 5.97 Å². The van der Waals surface area contributed by atoms with Gasteiger partial charge in [-0.15, -0.1) is 10.2 Å². The number of hydrogen-bond donors (Lipinski definition) is 1. The smallest absolute Gasteiger partial charge is 0.335 e. The molecular weight excluding hydrogens is 232 g/mol. The normalized spacial score (nSPS) is 10.7. The number of nitrogens with zero attached hydrogens (tertiary/aromatic N) is 4. The Hall–Kier alpha value is -2.76. The second-order valence-electron chi connectivity index (χ2n) is 3.70. The van der Waals surface area contributed by atoms with Crippen molar-refractivity contribution in [2.75, 3.05) is 0 Å². The lowest BCUT2D eigenvalue weighted by Crippen LogP contribution is -1.98. The fourth-order valence-corrected chi connectivity index (χ4v) is 1.72. The standard InChI is InChI=1S/C12H8N4O2/c17-12(18)9-4-1-3-8(7-9)11-15-14-10-5-2-6-13-16(10)11/h1-7H,(H,17,18). The first-order valence-electron chi connectivity index (χ1n) is 5.26. The largest absolute Gasteiger partial charge is 0.478 e. The predicted octanol–water partition coefficient (Wildman–Crippen LogP) is 1.49. The molecule has 2 heterocycles. The van der Waals surface area contributed by atoms with E-state index in [1.54, 1.807) is 41.0 Å². The van der Waals surface area contributed by atoms with Crippen LogP contribution in [0, 0.1) is 0 Å². The van der Waals surface area contributed by atoms with Gasteiger partial charge in [0.2, 0.25) is 0 Å². The van der Waals surface area contributed by atoms with Gasteiger partial charge >= 0.3 is 5.97 Å². The third kappa shape index (κ3) is 1.60. The van der Waals surface area contributed by atoms with Gasteiger partial charge in [-0.25, -0.2) is 4.79 Å². The van der Waals surface area contributed by atoms with Crippen LogP contribution in [-0.4, -0.2) is 30.9 Å². The molecule has 0 saturated heterocycles. The Balaban J connectivity index is 2.20. The molecule has 0 spiro atoms. The molecule has 0 bridgehead atoms. The minimum atomic E-state index is -0.973. The second-order valence-corrected chi connectivity index (χ2v) is 3.70. The Bertz CT molecular complexity index is 736. The number of rotatable bonds is 2. The van der Waals surface area contributed by atoms with Crippen molar-refractivity contribution < 1.29 is 9.90 Å². The van der Waals surface area contributed by atoms with Crippen molar-refractivity contribution in [2.45, 2.75) is 0 Å². The molecule has 0 saturated carbocycles. The van der Waals surface area contributed by atoms with Crippen LogP contribution < -0.4 is 0 Å². The lowest BCUT2D eigenvalue weighted by molar-refractivity contribution is 0.0697. The van der Waals surface area contributed by atoms with Crippen molar-refractivity contribution in [1.82, 2.24) is 19.8 Å². The average Bonchev–Trinajstić information content (AvgIpc) is 2.82. The molecule has 18 heavy (non-hydrogen) atoms. The summed E-state index contributed by atoms with van der Waals surface area (Å²) < 4.78 is 1.57. The number of aromatic carboxylic acids is 1. The molecule has 2 aromatic heterocycles. The molecule has 0 fully saturated rings. The van der Waals surface area contributed by atoms with Gasteiger partial charge in [-0.3, -0.25) is 0 Å². The number of carboxylic acids is 1. The maximum absolute atomic E-state index is 10.9. The summed E-state index contributed by atoms with van der Waals surface area (Å²) in [5.41, 5.74) is 1.49. The minimum absolute atomic E-state index is 0.209. The summed E-state index contributed by atoms with van der Waals surface area (Å²) in [6.45, 7) is 0. The van der Waals surface area contributed by atoms with Gasteiger partial charge < -0.3 is 5.11 Å². The molecule has 1 aromatic carbocycles. The van der Waals surface area contributed by atoms with Crippen molar-refractivity contribution in [1.29, 1.82) is 0 Å². The van der Waals surface area contributed by atoms with E-state index in [9.17, 15) is 4.79 Å². The highest BCUT2D eigenvalue weighted by atomic mass is 16.4. The van der Waals surface area contributed by atoms with Crippen molar-refractivity contribution in [2.24, 2.45) is 0 Å². The van der Waals surface area contributed by atoms with E-state index in [1.807, 2.05) is 0 Å². The molecular formula is C12H8N4O2. The van der Waals surface area contributed by atoms with Gasteiger partial charge in [0.15, 0.2) is 11.5 Å². The van der Waals surface area contributed by atoms with E-state index in [0.717, 1.165) is 0 Å². The zero-order valence-corrected chi connectivity index (χ0v) is 9.19. The van der Waals surface area contributed by atoms with Gasteiger partial charge in [0.05, 0.1) is 5.56 Å². The molecule has 0 atom stereocenters. The molecule has 0 aliphatic heterocycles. The van der Waals surface area contributed by atoms with Gasteiger partial charge in [0.25, 0.3) is 0 Å². The van der Waals surface area contributed by atoms with Crippen LogP contribution in [0.3, 0.4) is 0 Å². The van der Waals surface area contributed by atoms with Crippen molar-refractivity contribution in [3.8, 4) is 11.4 Å². The lowest BCUT2D eigenvalue weighted by Gasteiger charge is -2.00. The van der Waals surface area contributed by atoms with Crippen molar-refractivity contribution in [3.63, 3.8) is 0 Å². The summed E-state index contributed by atoms with van der Waals surface area (Å²) >= 11 is 0. The van der Waals surface area contributed by atoms with E-state index in [2.05, 4.69) is 15.3 Å². The zero-order valence-electron chi connectivity index (χ0n) is 9.19. The van der Waals surface area contributed by atoms with Crippen LogP contribution in [0.2, 0.25) is 0 Å². The number of benzene rings is 1. The third-order valence-corrected chi connectivity index (χ3v) is 2.55. The Labute approximate surface area is 102 Å². The number of carboxylic acid groups (broad SMARTS) is 1. The predicted molar refractivity (Wildman–Crippen MR) is 63.2 cm³/mol. The van der Waals surface area contributed by atoms with Crippen LogP contribution >= 0.6 is 0 Å². The SMILES string of the molecule is O=C(O)c1cccc(-c2nnc3cccnn23)c1. The molecule has 3 aromatic rings. The maximum atomic E-state index is 10.9. The molecule has 0 aliphatic carbocycles. The number of fused-ring (bicyclic) bond motifs is 1. The molecule has 0 amide bonds. The van der Waals surface area contributed by atoms with Gasteiger partial charge in [0.1, 0.15) is 0 Å². The highest BCUT2D eigenvalue weighted by molar-refractivity contribution is 5.89. The van der Waals surface area contributed by atoms with Crippen LogP contribution in [0.1, 0.15) is 10.4 Å². The molecule has 6 nitrogen and oxygen atoms in total. The number of aromatic nitrogens is 4. The first-order chi connectivity index (χ1) is 8.75. The molecule has 88 valence electrons. The summed E-state index contributed by atoms with van der Waals surface area (Å²) in [5, 5.41) is 21.1. The molecule has 1 N–H and O–H groups in total. The molecule has 0 unspecified atom stereocenters. The van der Waals surface area contributed by atoms with E-state index in [0.29, 0.717) is 17.0 Å². The summed E-state index contributed by atoms with van der Waals surface area (Å²) in [5.74, 6) is -0.452. The average molecular weight is 240 g/mol. The Kier molecular flexibility index (Phi) is 2.26. The zero-order chi connectivity index (χ0) is 12.5. The summed E-state index contributed by atoms with van der Waals surface area (Å²) in [6, 6.07) is 10.1. The topological polar surface area (TPSA) is 80.4 Å². The van der Waals surface area contributed by atoms with Crippen LogP contribution in [0.5, 0.6) is 0 Å². The fraction of sp³-hybridized carbons (Fsp3) is 0. The highest BCUT2D eigenvalue weighted by Gasteiger charge is 2.10. The molecule has 0 aliphatic rings. The van der Waals surface area contributed by atoms with Crippen molar-refractivity contribution >= 4 is 11.6 Å². The van der Waals surface area contributed by atoms with Gasteiger partial charge in [-0.1, -0.05) is 12.1 Å². The summed E-state index contributed by atoms with van der Waals surface area (Å²) in [4.78, 5) is 10.9. The molecule has 0 radical (unpaired) electrons. The van der Waals surface area contributed by atoms with E-state index >= 15 is 0 Å². The van der Waals surface area contributed by atoms with Crippen molar-refractivity contribution in [3.05, 3.63) is 48.2 Å². The number of hydrogen-bond acceptors (Lipinski definition) is 4. The van der Waals surface area contributed by atoms with Crippen LogP contribution in [-0.2, 0) is 0 Å². The van der Waals surface area contributed by atoms with Gasteiger partial charge in [-0.2, -0.15) is 9.61 Å². The van der Waals surface area contributed by atoms with Crippen LogP contribution in [0.4, 0.5) is 0 Å². The Morgan fingerprint density at radius 1 is 1.17 bits per heavy atom. The molecule has 3 rings (SSSR count). The van der Waals surface area contributed by atoms with Crippen LogP contribution in [0.15, 0.2) is 42.6 Å². The molecule has 6 heteroatoms. The van der Waals surface area contributed by atoms with E-state index in [4.69, 9.17) is 5.11 Å².